The van der Waals surface area contributed by atoms with E-state index in [0.29, 0.717) is 5.69 Å². The topological polar surface area (TPSA) is 67.2 Å². The van der Waals surface area contributed by atoms with E-state index in [4.69, 9.17) is 5.11 Å². The van der Waals surface area contributed by atoms with Crippen LogP contribution in [0.15, 0.2) is 54.9 Å². The van der Waals surface area contributed by atoms with E-state index in [0.717, 1.165) is 16.6 Å². The number of carbonyl (C=O) groups is 1. The van der Waals surface area contributed by atoms with E-state index in [9.17, 15) is 4.79 Å². The van der Waals surface area contributed by atoms with Gasteiger partial charge in [-0.2, -0.15) is 0 Å². The first-order valence-corrected chi connectivity index (χ1v) is 6.66. The number of hydrogen-bond acceptors (Lipinski definition) is 3. The van der Waals surface area contributed by atoms with Crippen LogP contribution in [0, 0.1) is 0 Å². The number of nitrogens with zero attached hydrogens (tertiary/aromatic N) is 2. The van der Waals surface area contributed by atoms with Crippen LogP contribution < -0.4 is 5.32 Å². The van der Waals surface area contributed by atoms with Crippen LogP contribution in [0.5, 0.6) is 0 Å². The van der Waals surface area contributed by atoms with Gasteiger partial charge in [0.05, 0.1) is 24.0 Å². The first kappa shape index (κ1) is 13.3. The first-order valence-electron chi connectivity index (χ1n) is 6.66. The molecular weight excluding hydrogens is 266 g/mol. The second-order valence-electron chi connectivity index (χ2n) is 4.77. The van der Waals surface area contributed by atoms with Gasteiger partial charge in [-0.1, -0.05) is 24.3 Å². The Morgan fingerprint density at radius 2 is 2.05 bits per heavy atom. The van der Waals surface area contributed by atoms with Crippen LogP contribution in [-0.4, -0.2) is 20.6 Å². The maximum absolute atomic E-state index is 12.1. The summed E-state index contributed by atoms with van der Waals surface area (Å²) in [5, 5.41) is 11.9. The number of imidazole rings is 1. The Balaban J connectivity index is 1.74. The molecule has 1 amide bonds. The second-order valence-corrected chi connectivity index (χ2v) is 4.77. The molecule has 0 aliphatic rings. The highest BCUT2D eigenvalue weighted by Crippen LogP contribution is 2.13. The molecule has 0 aliphatic heterocycles. The van der Waals surface area contributed by atoms with Gasteiger partial charge in [0.2, 0.25) is 5.91 Å². The molecule has 0 saturated carbocycles. The van der Waals surface area contributed by atoms with Crippen molar-refractivity contribution in [2.75, 3.05) is 5.32 Å². The quantitative estimate of drug-likeness (QED) is 0.770. The van der Waals surface area contributed by atoms with Gasteiger partial charge in [-0.05, 0) is 29.8 Å². The summed E-state index contributed by atoms with van der Waals surface area (Å²) in [6, 6.07) is 14.8. The molecule has 3 aromatic rings. The Hall–Kier alpha value is -2.66. The molecule has 5 heteroatoms. The average Bonchev–Trinajstić information content (AvgIpc) is 2.91. The van der Waals surface area contributed by atoms with Gasteiger partial charge in [-0.25, -0.2) is 4.98 Å². The molecular formula is C16H15N3O2. The van der Waals surface area contributed by atoms with Crippen molar-refractivity contribution in [3.63, 3.8) is 0 Å². The van der Waals surface area contributed by atoms with Crippen LogP contribution >= 0.6 is 0 Å². The number of rotatable bonds is 4. The predicted octanol–water partition coefficient (Wildman–Crippen LogP) is 2.17. The molecule has 5 nitrogen and oxygen atoms in total. The van der Waals surface area contributed by atoms with Crippen LogP contribution in [0.3, 0.4) is 0 Å². The molecule has 2 N–H and O–H groups in total. The molecule has 0 atom stereocenters. The highest BCUT2D eigenvalue weighted by Gasteiger charge is 2.07. The SMILES string of the molecule is O=C(Cn1cnc2ccccc21)Nc1cccc(CO)c1. The molecule has 106 valence electrons. The summed E-state index contributed by atoms with van der Waals surface area (Å²) in [5.74, 6) is -0.131. The van der Waals surface area contributed by atoms with E-state index >= 15 is 0 Å². The van der Waals surface area contributed by atoms with Crippen molar-refractivity contribution in [3.05, 3.63) is 60.4 Å². The van der Waals surface area contributed by atoms with Gasteiger partial charge in [0, 0.05) is 5.69 Å². The van der Waals surface area contributed by atoms with E-state index < -0.39 is 0 Å². The minimum absolute atomic E-state index is 0.0458. The number of amides is 1. The third kappa shape index (κ3) is 2.93. The summed E-state index contributed by atoms with van der Waals surface area (Å²) in [4.78, 5) is 16.4. The molecule has 0 saturated heterocycles. The third-order valence-electron chi connectivity index (χ3n) is 3.23. The van der Waals surface area contributed by atoms with E-state index in [-0.39, 0.29) is 19.1 Å². The van der Waals surface area contributed by atoms with Crippen molar-refractivity contribution in [3.8, 4) is 0 Å². The van der Waals surface area contributed by atoms with Gasteiger partial charge in [-0.3, -0.25) is 4.79 Å². The van der Waals surface area contributed by atoms with Crippen LogP contribution in [0.4, 0.5) is 5.69 Å². The molecule has 0 spiro atoms. The number of aromatic nitrogens is 2. The van der Waals surface area contributed by atoms with Crippen LogP contribution in [-0.2, 0) is 17.9 Å². The molecule has 1 aromatic heterocycles. The number of para-hydroxylation sites is 2. The second kappa shape index (κ2) is 5.76. The van der Waals surface area contributed by atoms with Crippen LogP contribution in [0.2, 0.25) is 0 Å². The summed E-state index contributed by atoms with van der Waals surface area (Å²) in [5.41, 5.74) is 3.24. The number of nitrogens with one attached hydrogen (secondary N) is 1. The van der Waals surface area contributed by atoms with E-state index in [1.54, 1.807) is 35.2 Å². The zero-order chi connectivity index (χ0) is 14.7. The first-order chi connectivity index (χ1) is 10.3. The Kier molecular flexibility index (Phi) is 3.66. The van der Waals surface area contributed by atoms with Crippen molar-refractivity contribution < 1.29 is 9.90 Å². The summed E-state index contributed by atoms with van der Waals surface area (Å²) in [6.07, 6.45) is 1.66. The molecule has 3 rings (SSSR count). The number of aliphatic hydroxyl groups excluding tert-OH is 1. The molecule has 1 heterocycles. The number of fused-ring (bicyclic) bond motifs is 1. The Bertz CT molecular complexity index is 780. The van der Waals surface area contributed by atoms with Crippen molar-refractivity contribution >= 4 is 22.6 Å². The normalized spacial score (nSPS) is 10.7. The van der Waals surface area contributed by atoms with E-state index in [1.165, 1.54) is 0 Å². The fraction of sp³-hybridized carbons (Fsp3) is 0.125. The van der Waals surface area contributed by atoms with Gasteiger partial charge in [0.1, 0.15) is 6.54 Å². The van der Waals surface area contributed by atoms with Crippen LogP contribution in [0.25, 0.3) is 11.0 Å². The molecule has 2 aromatic carbocycles. The predicted molar refractivity (Wildman–Crippen MR) is 80.7 cm³/mol. The molecule has 0 fully saturated rings. The van der Waals surface area contributed by atoms with E-state index in [1.807, 2.05) is 24.3 Å². The van der Waals surface area contributed by atoms with Gasteiger partial charge in [-0.15, -0.1) is 0 Å². The highest BCUT2D eigenvalue weighted by molar-refractivity contribution is 5.91. The van der Waals surface area contributed by atoms with Crippen LogP contribution in [0.1, 0.15) is 5.56 Å². The summed E-state index contributed by atoms with van der Waals surface area (Å²) >= 11 is 0. The fourth-order valence-corrected chi connectivity index (χ4v) is 2.24. The lowest BCUT2D eigenvalue weighted by Crippen LogP contribution is -2.18. The third-order valence-corrected chi connectivity index (χ3v) is 3.23. The minimum atomic E-state index is -0.131. The zero-order valence-corrected chi connectivity index (χ0v) is 11.4. The summed E-state index contributed by atoms with van der Waals surface area (Å²) in [7, 11) is 0. The Morgan fingerprint density at radius 3 is 2.90 bits per heavy atom. The molecule has 21 heavy (non-hydrogen) atoms. The lowest BCUT2D eigenvalue weighted by molar-refractivity contribution is -0.116. The van der Waals surface area contributed by atoms with Crippen molar-refractivity contribution in [2.24, 2.45) is 0 Å². The lowest BCUT2D eigenvalue weighted by Gasteiger charge is -2.07. The Labute approximate surface area is 121 Å². The largest absolute Gasteiger partial charge is 0.392 e. The van der Waals surface area contributed by atoms with E-state index in [2.05, 4.69) is 10.3 Å². The standard InChI is InChI=1S/C16H15N3O2/c20-10-12-4-3-5-13(8-12)18-16(21)9-19-11-17-14-6-1-2-7-15(14)19/h1-8,11,20H,9-10H2,(H,18,21). The monoisotopic (exact) mass is 281 g/mol. The average molecular weight is 281 g/mol. The minimum Gasteiger partial charge on any atom is -0.392 e. The number of aliphatic hydroxyl groups is 1. The lowest BCUT2D eigenvalue weighted by atomic mass is 10.2. The number of hydrogen-bond donors (Lipinski definition) is 2. The smallest absolute Gasteiger partial charge is 0.244 e. The molecule has 0 bridgehead atoms. The number of carbonyl (C=O) groups excluding carboxylic acids is 1. The van der Waals surface area contributed by atoms with Gasteiger partial charge < -0.3 is 15.0 Å². The number of anilines is 1. The molecule has 0 unspecified atom stereocenters. The van der Waals surface area contributed by atoms with Crippen molar-refractivity contribution in [2.45, 2.75) is 13.2 Å². The molecule has 0 aliphatic carbocycles. The van der Waals surface area contributed by atoms with Gasteiger partial charge >= 0.3 is 0 Å². The fourth-order valence-electron chi connectivity index (χ4n) is 2.24. The zero-order valence-electron chi connectivity index (χ0n) is 11.4. The Morgan fingerprint density at radius 1 is 1.19 bits per heavy atom. The van der Waals surface area contributed by atoms with Crippen molar-refractivity contribution in [1.82, 2.24) is 9.55 Å². The van der Waals surface area contributed by atoms with Crippen molar-refractivity contribution in [1.29, 1.82) is 0 Å². The maximum atomic E-state index is 12.1. The summed E-state index contributed by atoms with van der Waals surface area (Å²) < 4.78 is 1.81. The maximum Gasteiger partial charge on any atom is 0.244 e. The van der Waals surface area contributed by atoms with Gasteiger partial charge in [0.25, 0.3) is 0 Å². The number of benzene rings is 2. The summed E-state index contributed by atoms with van der Waals surface area (Å²) in [6.45, 7) is 0.153. The highest BCUT2D eigenvalue weighted by atomic mass is 16.3. The van der Waals surface area contributed by atoms with Gasteiger partial charge in [0.15, 0.2) is 0 Å². The molecule has 0 radical (unpaired) electrons.